The zero-order valence-electron chi connectivity index (χ0n) is 24.2. The molecule has 0 bridgehead atoms. The van der Waals surface area contributed by atoms with Crippen molar-refractivity contribution < 1.29 is 24.2 Å². The van der Waals surface area contributed by atoms with Gasteiger partial charge in [0, 0.05) is 63.1 Å². The first kappa shape index (κ1) is 28.9. The molecule has 1 saturated heterocycles. The third-order valence-corrected chi connectivity index (χ3v) is 7.30. The summed E-state index contributed by atoms with van der Waals surface area (Å²) in [6.45, 7) is 5.61. The highest BCUT2D eigenvalue weighted by molar-refractivity contribution is 5.94. The van der Waals surface area contributed by atoms with Crippen LogP contribution in [0.25, 0.3) is 0 Å². The predicted octanol–water partition coefficient (Wildman–Crippen LogP) is 2.76. The van der Waals surface area contributed by atoms with Crippen molar-refractivity contribution in [3.05, 3.63) is 65.1 Å². The van der Waals surface area contributed by atoms with E-state index in [1.165, 1.54) is 9.80 Å². The maximum atomic E-state index is 13.4. The van der Waals surface area contributed by atoms with Crippen LogP contribution in [0.1, 0.15) is 47.2 Å². The number of cyclic esters (lactones) is 1. The Kier molecular flexibility index (Phi) is 8.29. The minimum Gasteiger partial charge on any atom is -0.441 e. The average Bonchev–Trinajstić information content (AvgIpc) is 3.57. The highest BCUT2D eigenvalue weighted by atomic mass is 16.6. The summed E-state index contributed by atoms with van der Waals surface area (Å²) in [7, 11) is 3.35. The first-order valence-electron chi connectivity index (χ1n) is 13.9. The van der Waals surface area contributed by atoms with Gasteiger partial charge in [-0.15, -0.1) is 0 Å². The molecular weight excluding hydrogens is 540 g/mol. The van der Waals surface area contributed by atoms with Crippen LogP contribution in [-0.4, -0.2) is 82.7 Å². The molecule has 3 aromatic rings. The standard InChI is InChI=1S/C29H36N8O5/c1-18(2)37-24-11-12-35(25-10-9-21(14-30-25)36-15-22(17-38)42-29(36)41)16-23(24)26(33-37)27(39)31-13-19-5-7-20(8-6-19)32-28(40)34(3)4/h5-10,14,18,22,38H,11-13,15-17H2,1-4H3,(H,31,39)(H,32,40). The normalized spacial score (nSPS) is 16.3. The number of aliphatic hydroxyl groups is 1. The van der Waals surface area contributed by atoms with Crippen molar-refractivity contribution in [2.75, 3.05) is 48.9 Å². The van der Waals surface area contributed by atoms with Crippen LogP contribution in [0.3, 0.4) is 0 Å². The lowest BCUT2D eigenvalue weighted by atomic mass is 10.0. The van der Waals surface area contributed by atoms with Crippen LogP contribution in [0, 0.1) is 0 Å². The van der Waals surface area contributed by atoms with Crippen molar-refractivity contribution >= 4 is 35.2 Å². The number of nitrogens with one attached hydrogen (secondary N) is 2. The molecule has 42 heavy (non-hydrogen) atoms. The molecule has 3 N–H and O–H groups in total. The highest BCUT2D eigenvalue weighted by Crippen LogP contribution is 2.29. The summed E-state index contributed by atoms with van der Waals surface area (Å²) in [5.74, 6) is 0.465. The number of benzene rings is 1. The molecule has 13 heteroatoms. The van der Waals surface area contributed by atoms with E-state index < -0.39 is 12.2 Å². The molecule has 0 radical (unpaired) electrons. The number of pyridine rings is 1. The van der Waals surface area contributed by atoms with Crippen LogP contribution in [0.2, 0.25) is 0 Å². The summed E-state index contributed by atoms with van der Waals surface area (Å²) in [5, 5.41) is 19.8. The smallest absolute Gasteiger partial charge is 0.414 e. The van der Waals surface area contributed by atoms with Gasteiger partial charge >= 0.3 is 12.1 Å². The fourth-order valence-corrected chi connectivity index (χ4v) is 5.01. The fourth-order valence-electron chi connectivity index (χ4n) is 5.01. The van der Waals surface area contributed by atoms with Crippen molar-refractivity contribution in [1.82, 2.24) is 25.0 Å². The summed E-state index contributed by atoms with van der Waals surface area (Å²) >= 11 is 0. The molecule has 0 saturated carbocycles. The molecule has 1 aromatic carbocycles. The van der Waals surface area contributed by atoms with E-state index in [-0.39, 0.29) is 31.1 Å². The monoisotopic (exact) mass is 576 g/mol. The van der Waals surface area contributed by atoms with Gasteiger partial charge in [-0.25, -0.2) is 14.6 Å². The van der Waals surface area contributed by atoms with Crippen molar-refractivity contribution in [2.24, 2.45) is 0 Å². The number of amides is 4. The van der Waals surface area contributed by atoms with Crippen LogP contribution in [0.5, 0.6) is 0 Å². The second-order valence-corrected chi connectivity index (χ2v) is 10.9. The van der Waals surface area contributed by atoms with Crippen molar-refractivity contribution in [2.45, 2.75) is 45.5 Å². The molecule has 2 aliphatic rings. The third-order valence-electron chi connectivity index (χ3n) is 7.30. The second-order valence-electron chi connectivity index (χ2n) is 10.9. The third kappa shape index (κ3) is 6.00. The van der Waals surface area contributed by atoms with Gasteiger partial charge in [-0.3, -0.25) is 14.4 Å². The Balaban J connectivity index is 1.28. The summed E-state index contributed by atoms with van der Waals surface area (Å²) < 4.78 is 7.06. The zero-order valence-corrected chi connectivity index (χ0v) is 24.2. The molecule has 0 aliphatic carbocycles. The lowest BCUT2D eigenvalue weighted by molar-refractivity contribution is 0.0943. The van der Waals surface area contributed by atoms with E-state index in [4.69, 9.17) is 9.84 Å². The second kappa shape index (κ2) is 12.1. The van der Waals surface area contributed by atoms with Gasteiger partial charge in [0.2, 0.25) is 0 Å². The molecule has 0 spiro atoms. The van der Waals surface area contributed by atoms with Crippen LogP contribution in [0.15, 0.2) is 42.6 Å². The molecular formula is C29H36N8O5. The van der Waals surface area contributed by atoms with Gasteiger partial charge in [-0.05, 0) is 43.7 Å². The molecule has 2 aliphatic heterocycles. The summed E-state index contributed by atoms with van der Waals surface area (Å²) in [5.41, 5.74) is 4.46. The topological polar surface area (TPSA) is 145 Å². The number of hydrogen-bond acceptors (Lipinski definition) is 8. The number of carbonyl (C=O) groups is 3. The van der Waals surface area contributed by atoms with E-state index in [0.717, 1.165) is 22.6 Å². The summed E-state index contributed by atoms with van der Waals surface area (Å²) in [6, 6.07) is 10.8. The minimum absolute atomic E-state index is 0.0946. The Morgan fingerprint density at radius 1 is 1.17 bits per heavy atom. The van der Waals surface area contributed by atoms with Crippen LogP contribution >= 0.6 is 0 Å². The number of rotatable bonds is 8. The number of urea groups is 1. The molecule has 13 nitrogen and oxygen atoms in total. The SMILES string of the molecule is CC(C)n1nc(C(=O)NCc2ccc(NC(=O)N(C)C)cc2)c2c1CCN(c1ccc(N3CC(CO)OC3=O)cn1)C2. The maximum absolute atomic E-state index is 13.4. The zero-order chi connectivity index (χ0) is 30.0. The quantitative estimate of drug-likeness (QED) is 0.371. The largest absolute Gasteiger partial charge is 0.441 e. The molecule has 1 atom stereocenters. The van der Waals surface area contributed by atoms with Crippen molar-refractivity contribution in [3.8, 4) is 0 Å². The van der Waals surface area contributed by atoms with E-state index in [0.29, 0.717) is 43.1 Å². The lowest BCUT2D eigenvalue weighted by Gasteiger charge is -2.29. The van der Waals surface area contributed by atoms with Crippen molar-refractivity contribution in [1.29, 1.82) is 0 Å². The number of fused-ring (bicyclic) bond motifs is 1. The van der Waals surface area contributed by atoms with Gasteiger partial charge in [-0.1, -0.05) is 12.1 Å². The molecule has 1 fully saturated rings. The minimum atomic E-state index is -0.546. The number of anilines is 3. The molecule has 4 amide bonds. The number of aromatic nitrogens is 3. The first-order chi connectivity index (χ1) is 20.1. The van der Waals surface area contributed by atoms with Crippen LogP contribution in [-0.2, 0) is 24.2 Å². The van der Waals surface area contributed by atoms with Gasteiger partial charge < -0.3 is 30.3 Å². The van der Waals surface area contributed by atoms with Gasteiger partial charge in [0.05, 0.1) is 25.0 Å². The van der Waals surface area contributed by atoms with E-state index in [9.17, 15) is 19.5 Å². The van der Waals surface area contributed by atoms with E-state index in [1.54, 1.807) is 38.5 Å². The van der Waals surface area contributed by atoms with E-state index in [2.05, 4.69) is 20.5 Å². The molecule has 222 valence electrons. The highest BCUT2D eigenvalue weighted by Gasteiger charge is 2.33. The van der Waals surface area contributed by atoms with E-state index in [1.807, 2.05) is 36.7 Å². The van der Waals surface area contributed by atoms with Crippen molar-refractivity contribution in [3.63, 3.8) is 0 Å². The molecule has 2 aromatic heterocycles. The lowest BCUT2D eigenvalue weighted by Crippen LogP contribution is -2.33. The first-order valence-corrected chi connectivity index (χ1v) is 13.9. The number of hydrogen-bond donors (Lipinski definition) is 3. The number of carbonyl (C=O) groups excluding carboxylic acids is 3. The number of nitrogens with zero attached hydrogens (tertiary/aromatic N) is 6. The predicted molar refractivity (Wildman–Crippen MR) is 157 cm³/mol. The summed E-state index contributed by atoms with van der Waals surface area (Å²) in [4.78, 5) is 47.0. The summed E-state index contributed by atoms with van der Waals surface area (Å²) in [6.07, 6.45) is 1.27. The number of aliphatic hydroxyl groups excluding tert-OH is 1. The van der Waals surface area contributed by atoms with Crippen LogP contribution < -0.4 is 20.4 Å². The molecule has 1 unspecified atom stereocenters. The number of ether oxygens (including phenoxy) is 1. The van der Waals surface area contributed by atoms with Gasteiger partial charge in [-0.2, -0.15) is 5.10 Å². The Hall–Kier alpha value is -4.65. The Bertz CT molecular complexity index is 1450. The average molecular weight is 577 g/mol. The Labute approximate surface area is 244 Å². The van der Waals surface area contributed by atoms with Gasteiger partial charge in [0.15, 0.2) is 5.69 Å². The maximum Gasteiger partial charge on any atom is 0.414 e. The van der Waals surface area contributed by atoms with Crippen LogP contribution in [0.4, 0.5) is 26.8 Å². The fraction of sp³-hybridized carbons (Fsp3) is 0.414. The molecule has 4 heterocycles. The van der Waals surface area contributed by atoms with E-state index >= 15 is 0 Å². The molecule has 5 rings (SSSR count). The Morgan fingerprint density at radius 3 is 2.55 bits per heavy atom. The van der Waals surface area contributed by atoms with Gasteiger partial charge in [0.25, 0.3) is 5.91 Å². The van der Waals surface area contributed by atoms with Gasteiger partial charge in [0.1, 0.15) is 11.9 Å². The Morgan fingerprint density at radius 2 is 1.93 bits per heavy atom.